The van der Waals surface area contributed by atoms with Crippen LogP contribution in [0.1, 0.15) is 49.2 Å². The molecule has 0 aliphatic heterocycles. The number of aryl methyl sites for hydroxylation is 2. The summed E-state index contributed by atoms with van der Waals surface area (Å²) in [5.74, 6) is 2.49. The summed E-state index contributed by atoms with van der Waals surface area (Å²) >= 11 is 0. The van der Waals surface area contributed by atoms with E-state index < -0.39 is 0 Å². The largest absolute Gasteiger partial charge is 2.00 e. The van der Waals surface area contributed by atoms with E-state index in [1.54, 1.807) is 0 Å². The summed E-state index contributed by atoms with van der Waals surface area (Å²) in [5.41, 5.74) is 9.72. The molecule has 6 heteroatoms. The molecule has 0 unspecified atom stereocenters. The zero-order valence-corrected chi connectivity index (χ0v) is 28.3. The fourth-order valence-electron chi connectivity index (χ4n) is 6.04. The van der Waals surface area contributed by atoms with Crippen molar-refractivity contribution < 1.29 is 25.8 Å². The van der Waals surface area contributed by atoms with Crippen LogP contribution >= 0.6 is 0 Å². The summed E-state index contributed by atoms with van der Waals surface area (Å²) in [7, 11) is 0. The van der Waals surface area contributed by atoms with Crippen molar-refractivity contribution in [3.8, 4) is 34.1 Å². The van der Waals surface area contributed by atoms with Gasteiger partial charge in [-0.3, -0.25) is 4.68 Å². The first-order valence-corrected chi connectivity index (χ1v) is 15.2. The molecule has 0 saturated carbocycles. The SMILES string of the molecule is CCc1ccc2c(c1)c1ccc(Oc3[c-]c(-n4nc(C)c(-c5ccccc5)c4C)ccc3)[c-]c1n2-c1cc(C(C)C)ccn1.[Pt+2]. The fraction of sp³-hybridized carbons (Fsp3) is 0.179. The third-order valence-corrected chi connectivity index (χ3v) is 8.34. The van der Waals surface area contributed by atoms with Crippen LogP contribution in [0.25, 0.3) is 44.4 Å². The summed E-state index contributed by atoms with van der Waals surface area (Å²) in [6.07, 6.45) is 2.87. The van der Waals surface area contributed by atoms with Gasteiger partial charge in [0.15, 0.2) is 0 Å². The summed E-state index contributed by atoms with van der Waals surface area (Å²) in [5, 5.41) is 7.17. The molecule has 0 atom stereocenters. The fourth-order valence-corrected chi connectivity index (χ4v) is 6.04. The van der Waals surface area contributed by atoms with Gasteiger partial charge in [-0.15, -0.1) is 35.7 Å². The smallest absolute Gasteiger partial charge is 0.509 e. The van der Waals surface area contributed by atoms with E-state index in [-0.39, 0.29) is 21.1 Å². The molecule has 0 spiro atoms. The van der Waals surface area contributed by atoms with Gasteiger partial charge in [-0.25, -0.2) is 4.98 Å². The van der Waals surface area contributed by atoms with Gasteiger partial charge in [0, 0.05) is 34.5 Å². The molecule has 7 rings (SSSR count). The van der Waals surface area contributed by atoms with Gasteiger partial charge in [0.25, 0.3) is 0 Å². The molecule has 226 valence electrons. The molecule has 5 nitrogen and oxygen atoms in total. The Labute approximate surface area is 278 Å². The van der Waals surface area contributed by atoms with E-state index in [1.165, 1.54) is 16.5 Å². The van der Waals surface area contributed by atoms with Gasteiger partial charge < -0.3 is 9.30 Å². The van der Waals surface area contributed by atoms with Crippen molar-refractivity contribution in [1.29, 1.82) is 0 Å². The Bertz CT molecular complexity index is 2140. The molecule has 0 fully saturated rings. The number of benzene rings is 4. The van der Waals surface area contributed by atoms with Gasteiger partial charge in [-0.1, -0.05) is 68.8 Å². The molecule has 0 bridgehead atoms. The molecule has 4 aromatic carbocycles. The van der Waals surface area contributed by atoms with Gasteiger partial charge in [-0.05, 0) is 72.1 Å². The monoisotopic (exact) mass is 769 g/mol. The number of pyridine rings is 1. The Hall–Kier alpha value is -4.47. The third-order valence-electron chi connectivity index (χ3n) is 8.34. The number of rotatable bonds is 7. The summed E-state index contributed by atoms with van der Waals surface area (Å²) in [6.45, 7) is 10.7. The molecular formula is C39H34N4OPt. The van der Waals surface area contributed by atoms with E-state index in [0.29, 0.717) is 17.4 Å². The number of hydrogen-bond acceptors (Lipinski definition) is 3. The van der Waals surface area contributed by atoms with Crippen LogP contribution in [-0.4, -0.2) is 19.3 Å². The van der Waals surface area contributed by atoms with E-state index in [2.05, 4.69) is 105 Å². The van der Waals surface area contributed by atoms with Crippen molar-refractivity contribution in [1.82, 2.24) is 19.3 Å². The van der Waals surface area contributed by atoms with Crippen LogP contribution in [0.15, 0.2) is 97.2 Å². The maximum absolute atomic E-state index is 6.42. The standard InChI is InChI=1S/C39H34N4O.Pt/c1-6-28-15-18-36-35(21-28)34-17-16-33(24-37(34)42(36)38-22-30(25(2)3)19-20-40-38)44-32-14-10-13-31(23-32)43-27(5)39(26(4)41-43)29-11-8-7-9-12-29;/h7-22,25H,6H2,1-5H3;/q-2;+2. The van der Waals surface area contributed by atoms with E-state index in [9.17, 15) is 0 Å². The number of hydrogen-bond donors (Lipinski definition) is 0. The van der Waals surface area contributed by atoms with Crippen molar-refractivity contribution >= 4 is 21.8 Å². The first-order chi connectivity index (χ1) is 21.4. The normalized spacial score (nSPS) is 11.3. The number of fused-ring (bicyclic) bond motifs is 3. The van der Waals surface area contributed by atoms with Gasteiger partial charge in [0.2, 0.25) is 0 Å². The van der Waals surface area contributed by atoms with E-state index in [0.717, 1.165) is 56.9 Å². The van der Waals surface area contributed by atoms with Crippen molar-refractivity contribution in [3.63, 3.8) is 0 Å². The minimum atomic E-state index is 0. The second-order valence-electron chi connectivity index (χ2n) is 11.6. The Balaban J connectivity index is 0.00000357. The average Bonchev–Trinajstić information content (AvgIpc) is 3.53. The summed E-state index contributed by atoms with van der Waals surface area (Å²) < 4.78 is 10.6. The van der Waals surface area contributed by atoms with Crippen LogP contribution in [0.2, 0.25) is 0 Å². The van der Waals surface area contributed by atoms with Gasteiger partial charge in [-0.2, -0.15) is 17.2 Å². The van der Waals surface area contributed by atoms with Crippen LogP contribution < -0.4 is 4.74 Å². The molecule has 0 radical (unpaired) electrons. The molecule has 45 heavy (non-hydrogen) atoms. The van der Waals surface area contributed by atoms with Crippen LogP contribution in [0.3, 0.4) is 0 Å². The van der Waals surface area contributed by atoms with Gasteiger partial charge in [0.1, 0.15) is 5.82 Å². The third kappa shape index (κ3) is 5.62. The molecule has 0 amide bonds. The predicted octanol–water partition coefficient (Wildman–Crippen LogP) is 9.72. The van der Waals surface area contributed by atoms with Gasteiger partial charge in [0.05, 0.1) is 5.69 Å². The Morgan fingerprint density at radius 2 is 1.62 bits per heavy atom. The maximum atomic E-state index is 6.42. The minimum Gasteiger partial charge on any atom is -0.509 e. The number of nitrogens with zero attached hydrogens (tertiary/aromatic N) is 4. The van der Waals surface area contributed by atoms with E-state index in [4.69, 9.17) is 14.8 Å². The second kappa shape index (κ2) is 12.5. The molecule has 7 aromatic rings. The van der Waals surface area contributed by atoms with Gasteiger partial charge >= 0.3 is 21.1 Å². The molecular weight excluding hydrogens is 736 g/mol. The minimum absolute atomic E-state index is 0. The van der Waals surface area contributed by atoms with Crippen molar-refractivity contribution in [2.75, 3.05) is 0 Å². The predicted molar refractivity (Wildman–Crippen MR) is 178 cm³/mol. The van der Waals surface area contributed by atoms with Crippen LogP contribution in [0.4, 0.5) is 0 Å². The number of aromatic nitrogens is 4. The molecule has 0 aliphatic carbocycles. The molecule has 0 aliphatic rings. The quantitative estimate of drug-likeness (QED) is 0.152. The van der Waals surface area contributed by atoms with Crippen LogP contribution in [-0.2, 0) is 27.5 Å². The zero-order chi connectivity index (χ0) is 30.4. The Kier molecular flexibility index (Phi) is 8.48. The van der Waals surface area contributed by atoms with Crippen molar-refractivity contribution in [2.45, 2.75) is 47.0 Å². The van der Waals surface area contributed by atoms with Crippen LogP contribution in [0.5, 0.6) is 11.5 Å². The summed E-state index contributed by atoms with van der Waals surface area (Å²) in [4.78, 5) is 4.79. The second-order valence-corrected chi connectivity index (χ2v) is 11.6. The Morgan fingerprint density at radius 3 is 2.40 bits per heavy atom. The summed E-state index contributed by atoms with van der Waals surface area (Å²) in [6, 6.07) is 38.3. The van der Waals surface area contributed by atoms with E-state index >= 15 is 0 Å². The first-order valence-electron chi connectivity index (χ1n) is 15.2. The van der Waals surface area contributed by atoms with Crippen molar-refractivity contribution in [3.05, 3.63) is 132 Å². The molecule has 3 aromatic heterocycles. The zero-order valence-electron chi connectivity index (χ0n) is 26.0. The van der Waals surface area contributed by atoms with E-state index in [1.807, 2.05) is 48.1 Å². The first kappa shape index (κ1) is 30.6. The Morgan fingerprint density at radius 1 is 0.822 bits per heavy atom. The maximum Gasteiger partial charge on any atom is 2.00 e. The molecule has 0 N–H and O–H groups in total. The topological polar surface area (TPSA) is 44.9 Å². The number of ether oxygens (including phenoxy) is 1. The van der Waals surface area contributed by atoms with Crippen molar-refractivity contribution in [2.24, 2.45) is 0 Å². The average molecular weight is 770 g/mol. The molecule has 3 heterocycles. The molecule has 0 saturated heterocycles. The van der Waals surface area contributed by atoms with Crippen LogP contribution in [0, 0.1) is 26.0 Å².